The molecular formula is C16H20ClN3O. The van der Waals surface area contributed by atoms with Gasteiger partial charge in [0.05, 0.1) is 11.9 Å². The Morgan fingerprint density at radius 1 is 1.33 bits per heavy atom. The number of carbonyl (C=O) groups excluding carboxylic acids is 1. The fourth-order valence-electron chi connectivity index (χ4n) is 2.19. The van der Waals surface area contributed by atoms with E-state index < -0.39 is 5.54 Å². The van der Waals surface area contributed by atoms with Gasteiger partial charge >= 0.3 is 0 Å². The maximum Gasteiger partial charge on any atom is 0.222 e. The van der Waals surface area contributed by atoms with Crippen molar-refractivity contribution in [3.8, 4) is 0 Å². The van der Waals surface area contributed by atoms with Gasteiger partial charge in [-0.2, -0.15) is 0 Å². The fraction of sp³-hybridized carbons (Fsp3) is 0.375. The van der Waals surface area contributed by atoms with Gasteiger partial charge in [-0.15, -0.1) is 0 Å². The van der Waals surface area contributed by atoms with Crippen molar-refractivity contribution in [3.05, 3.63) is 53.1 Å². The van der Waals surface area contributed by atoms with Gasteiger partial charge in [0.2, 0.25) is 5.91 Å². The molecule has 2 aromatic rings. The minimum atomic E-state index is -0.425. The Hall–Kier alpha value is -1.81. The van der Waals surface area contributed by atoms with E-state index in [4.69, 9.17) is 11.6 Å². The number of imidazole rings is 1. The lowest BCUT2D eigenvalue weighted by molar-refractivity contribution is -0.123. The molecule has 21 heavy (non-hydrogen) atoms. The van der Waals surface area contributed by atoms with E-state index in [1.165, 1.54) is 0 Å². The van der Waals surface area contributed by atoms with E-state index in [1.807, 2.05) is 49.6 Å². The number of amides is 1. The lowest BCUT2D eigenvalue weighted by atomic mass is 9.94. The first-order valence-corrected chi connectivity index (χ1v) is 7.30. The first-order chi connectivity index (χ1) is 9.88. The highest BCUT2D eigenvalue weighted by Crippen LogP contribution is 2.22. The normalized spacial score (nSPS) is 11.4. The van der Waals surface area contributed by atoms with E-state index in [0.717, 1.165) is 11.3 Å². The van der Waals surface area contributed by atoms with E-state index in [0.29, 0.717) is 18.0 Å². The summed E-state index contributed by atoms with van der Waals surface area (Å²) in [5.74, 6) is 0.0167. The molecule has 0 aliphatic heterocycles. The zero-order chi connectivity index (χ0) is 15.5. The fourth-order valence-corrected chi connectivity index (χ4v) is 2.32. The van der Waals surface area contributed by atoms with Crippen LogP contribution in [0.25, 0.3) is 0 Å². The minimum absolute atomic E-state index is 0.0167. The number of hydrogen-bond donors (Lipinski definition) is 1. The van der Waals surface area contributed by atoms with Gasteiger partial charge < -0.3 is 9.88 Å². The SMILES string of the molecule is Cc1cncn1CCC(=O)NC(C)(C)c1ccc(Cl)cc1. The monoisotopic (exact) mass is 305 g/mol. The summed E-state index contributed by atoms with van der Waals surface area (Å²) in [6.07, 6.45) is 3.96. The van der Waals surface area contributed by atoms with Gasteiger partial charge in [0.25, 0.3) is 0 Å². The molecule has 0 saturated carbocycles. The van der Waals surface area contributed by atoms with Crippen LogP contribution in [-0.4, -0.2) is 15.5 Å². The molecule has 0 spiro atoms. The maximum absolute atomic E-state index is 12.1. The Labute approximate surface area is 130 Å². The van der Waals surface area contributed by atoms with Crippen LogP contribution in [0.4, 0.5) is 0 Å². The number of aryl methyl sites for hydroxylation is 2. The average Bonchev–Trinajstić information content (AvgIpc) is 2.82. The number of hydrogen-bond acceptors (Lipinski definition) is 2. The molecule has 1 aromatic heterocycles. The number of nitrogens with zero attached hydrogens (tertiary/aromatic N) is 2. The van der Waals surface area contributed by atoms with Crippen molar-refractivity contribution < 1.29 is 4.79 Å². The summed E-state index contributed by atoms with van der Waals surface area (Å²) in [7, 11) is 0. The molecule has 0 atom stereocenters. The molecule has 2 rings (SSSR count). The number of carbonyl (C=O) groups is 1. The third kappa shape index (κ3) is 4.08. The summed E-state index contributed by atoms with van der Waals surface area (Å²) < 4.78 is 1.97. The predicted octanol–water partition coefficient (Wildman–Crippen LogP) is 3.29. The van der Waals surface area contributed by atoms with Crippen LogP contribution >= 0.6 is 11.6 Å². The van der Waals surface area contributed by atoms with Crippen LogP contribution in [0.1, 0.15) is 31.5 Å². The molecular weight excluding hydrogens is 286 g/mol. The van der Waals surface area contributed by atoms with Crippen molar-refractivity contribution in [2.75, 3.05) is 0 Å². The number of benzene rings is 1. The molecule has 1 amide bonds. The van der Waals surface area contributed by atoms with Crippen LogP contribution < -0.4 is 5.32 Å². The van der Waals surface area contributed by atoms with Crippen molar-refractivity contribution in [3.63, 3.8) is 0 Å². The molecule has 1 aromatic carbocycles. The quantitative estimate of drug-likeness (QED) is 0.921. The lowest BCUT2D eigenvalue weighted by Crippen LogP contribution is -2.41. The van der Waals surface area contributed by atoms with Gasteiger partial charge in [-0.1, -0.05) is 23.7 Å². The van der Waals surface area contributed by atoms with Gasteiger partial charge in [0, 0.05) is 29.9 Å². The van der Waals surface area contributed by atoms with Crippen LogP contribution in [0.15, 0.2) is 36.8 Å². The first-order valence-electron chi connectivity index (χ1n) is 6.92. The van der Waals surface area contributed by atoms with Crippen molar-refractivity contribution in [1.82, 2.24) is 14.9 Å². The van der Waals surface area contributed by atoms with Gasteiger partial charge in [0.15, 0.2) is 0 Å². The van der Waals surface area contributed by atoms with Crippen molar-refractivity contribution >= 4 is 17.5 Å². The molecule has 0 fully saturated rings. The van der Waals surface area contributed by atoms with Gasteiger partial charge in [-0.25, -0.2) is 4.98 Å². The molecule has 0 aliphatic carbocycles. The third-order valence-electron chi connectivity index (χ3n) is 3.52. The first kappa shape index (κ1) is 15.6. The zero-order valence-corrected chi connectivity index (χ0v) is 13.3. The topological polar surface area (TPSA) is 46.9 Å². The zero-order valence-electron chi connectivity index (χ0n) is 12.6. The van der Waals surface area contributed by atoms with E-state index in [-0.39, 0.29) is 5.91 Å². The maximum atomic E-state index is 12.1. The molecule has 1 heterocycles. The number of halogens is 1. The van der Waals surface area contributed by atoms with Gasteiger partial charge in [-0.3, -0.25) is 4.79 Å². The molecule has 112 valence electrons. The van der Waals surface area contributed by atoms with Crippen molar-refractivity contribution in [2.24, 2.45) is 0 Å². The van der Waals surface area contributed by atoms with Crippen LogP contribution in [-0.2, 0) is 16.9 Å². The molecule has 0 aliphatic rings. The van der Waals surface area contributed by atoms with E-state index >= 15 is 0 Å². The Morgan fingerprint density at radius 2 is 2.00 bits per heavy atom. The van der Waals surface area contributed by atoms with E-state index in [1.54, 1.807) is 12.5 Å². The van der Waals surface area contributed by atoms with Crippen LogP contribution in [0.2, 0.25) is 5.02 Å². The van der Waals surface area contributed by atoms with Crippen molar-refractivity contribution in [2.45, 2.75) is 39.3 Å². The third-order valence-corrected chi connectivity index (χ3v) is 3.77. The molecule has 0 bridgehead atoms. The highest BCUT2D eigenvalue weighted by atomic mass is 35.5. The lowest BCUT2D eigenvalue weighted by Gasteiger charge is -2.27. The summed E-state index contributed by atoms with van der Waals surface area (Å²) in [5.41, 5.74) is 1.66. The van der Waals surface area contributed by atoms with Gasteiger partial charge in [-0.05, 0) is 38.5 Å². The highest BCUT2D eigenvalue weighted by Gasteiger charge is 2.22. The molecule has 0 unspecified atom stereocenters. The van der Waals surface area contributed by atoms with E-state index in [2.05, 4.69) is 10.3 Å². The second kappa shape index (κ2) is 6.31. The average molecular weight is 306 g/mol. The second-order valence-corrected chi connectivity index (χ2v) is 6.09. The number of aromatic nitrogens is 2. The number of rotatable bonds is 5. The molecule has 1 N–H and O–H groups in total. The Morgan fingerprint density at radius 3 is 2.57 bits per heavy atom. The summed E-state index contributed by atoms with van der Waals surface area (Å²) in [6, 6.07) is 7.53. The van der Waals surface area contributed by atoms with Crippen LogP contribution in [0, 0.1) is 6.92 Å². The summed E-state index contributed by atoms with van der Waals surface area (Å²) in [6.45, 7) is 6.57. The number of nitrogens with one attached hydrogen (secondary N) is 1. The van der Waals surface area contributed by atoms with Crippen LogP contribution in [0.3, 0.4) is 0 Å². The Bertz CT molecular complexity index is 617. The smallest absolute Gasteiger partial charge is 0.222 e. The Kier molecular flexibility index (Phi) is 4.68. The second-order valence-electron chi connectivity index (χ2n) is 5.66. The summed E-state index contributed by atoms with van der Waals surface area (Å²) in [5, 5.41) is 3.75. The van der Waals surface area contributed by atoms with E-state index in [9.17, 15) is 4.79 Å². The largest absolute Gasteiger partial charge is 0.347 e. The molecule has 5 heteroatoms. The molecule has 0 saturated heterocycles. The van der Waals surface area contributed by atoms with Crippen molar-refractivity contribution in [1.29, 1.82) is 0 Å². The standard InChI is InChI=1S/C16H20ClN3O/c1-12-10-18-11-20(12)9-8-15(21)19-16(2,3)13-4-6-14(17)7-5-13/h4-7,10-11H,8-9H2,1-3H3,(H,19,21). The summed E-state index contributed by atoms with van der Waals surface area (Å²) in [4.78, 5) is 16.2. The van der Waals surface area contributed by atoms with Gasteiger partial charge in [0.1, 0.15) is 0 Å². The minimum Gasteiger partial charge on any atom is -0.347 e. The predicted molar refractivity (Wildman–Crippen MR) is 84.2 cm³/mol. The summed E-state index contributed by atoms with van der Waals surface area (Å²) >= 11 is 5.89. The molecule has 4 nitrogen and oxygen atoms in total. The Balaban J connectivity index is 1.94. The molecule has 0 radical (unpaired) electrons. The van der Waals surface area contributed by atoms with Crippen LogP contribution in [0.5, 0.6) is 0 Å². The highest BCUT2D eigenvalue weighted by molar-refractivity contribution is 6.30.